The van der Waals surface area contributed by atoms with Crippen molar-refractivity contribution in [1.82, 2.24) is 9.97 Å². The van der Waals surface area contributed by atoms with Crippen molar-refractivity contribution >= 4 is 17.6 Å². The first-order valence-corrected chi connectivity index (χ1v) is 6.14. The molecule has 1 heterocycles. The second-order valence-corrected chi connectivity index (χ2v) is 3.77. The quantitative estimate of drug-likeness (QED) is 0.718. The SMILES string of the molecule is CCCNc1cc(NCC(=O)OCC)nc(C)n1. The van der Waals surface area contributed by atoms with Crippen molar-refractivity contribution in [3.63, 3.8) is 0 Å². The maximum atomic E-state index is 11.2. The minimum absolute atomic E-state index is 0.109. The molecule has 0 saturated carbocycles. The highest BCUT2D eigenvalue weighted by atomic mass is 16.5. The van der Waals surface area contributed by atoms with Gasteiger partial charge in [-0.2, -0.15) is 0 Å². The molecule has 0 aliphatic rings. The van der Waals surface area contributed by atoms with Crippen molar-refractivity contribution in [2.45, 2.75) is 27.2 Å². The van der Waals surface area contributed by atoms with Crippen LogP contribution < -0.4 is 10.6 Å². The first kappa shape index (κ1) is 14.2. The van der Waals surface area contributed by atoms with Gasteiger partial charge in [0.2, 0.25) is 0 Å². The van der Waals surface area contributed by atoms with E-state index in [2.05, 4.69) is 27.5 Å². The van der Waals surface area contributed by atoms with E-state index in [4.69, 9.17) is 4.74 Å². The van der Waals surface area contributed by atoms with Crippen LogP contribution in [0.2, 0.25) is 0 Å². The fourth-order valence-corrected chi connectivity index (χ4v) is 1.38. The van der Waals surface area contributed by atoms with Crippen LogP contribution in [0.3, 0.4) is 0 Å². The average molecular weight is 252 g/mol. The van der Waals surface area contributed by atoms with Crippen molar-refractivity contribution in [3.05, 3.63) is 11.9 Å². The molecule has 1 aromatic heterocycles. The Labute approximate surface area is 107 Å². The van der Waals surface area contributed by atoms with Gasteiger partial charge in [0.15, 0.2) is 0 Å². The van der Waals surface area contributed by atoms with Crippen molar-refractivity contribution in [2.75, 3.05) is 30.3 Å². The standard InChI is InChI=1S/C12H20N4O2/c1-4-6-13-10-7-11(16-9(3)15-10)14-8-12(17)18-5-2/h7H,4-6,8H2,1-3H3,(H2,13,14,15,16). The maximum absolute atomic E-state index is 11.2. The Bertz CT molecular complexity index is 396. The van der Waals surface area contributed by atoms with Crippen LogP contribution in [0.4, 0.5) is 11.6 Å². The first-order valence-electron chi connectivity index (χ1n) is 6.14. The molecule has 0 unspecified atom stereocenters. The van der Waals surface area contributed by atoms with Crippen LogP contribution in [0.5, 0.6) is 0 Å². The molecule has 0 aliphatic heterocycles. The van der Waals surface area contributed by atoms with E-state index in [0.29, 0.717) is 18.2 Å². The van der Waals surface area contributed by atoms with Gasteiger partial charge in [0.1, 0.15) is 24.0 Å². The van der Waals surface area contributed by atoms with E-state index in [0.717, 1.165) is 18.8 Å². The Kier molecular flexibility index (Phi) is 5.90. The normalized spacial score (nSPS) is 9.94. The molecule has 0 aliphatic carbocycles. The Morgan fingerprint density at radius 2 is 1.94 bits per heavy atom. The largest absolute Gasteiger partial charge is 0.465 e. The van der Waals surface area contributed by atoms with Crippen LogP contribution in [-0.2, 0) is 9.53 Å². The van der Waals surface area contributed by atoms with Crippen LogP contribution in [0.25, 0.3) is 0 Å². The molecule has 0 aromatic carbocycles. The molecule has 6 nitrogen and oxygen atoms in total. The van der Waals surface area contributed by atoms with Gasteiger partial charge in [0, 0.05) is 12.6 Å². The van der Waals surface area contributed by atoms with Crippen LogP contribution in [0, 0.1) is 6.92 Å². The van der Waals surface area contributed by atoms with Gasteiger partial charge in [-0.05, 0) is 20.3 Å². The molecular weight excluding hydrogens is 232 g/mol. The van der Waals surface area contributed by atoms with Crippen molar-refractivity contribution in [2.24, 2.45) is 0 Å². The number of rotatable bonds is 7. The summed E-state index contributed by atoms with van der Waals surface area (Å²) in [6, 6.07) is 1.78. The van der Waals surface area contributed by atoms with E-state index < -0.39 is 0 Å². The summed E-state index contributed by atoms with van der Waals surface area (Å²) in [6.07, 6.45) is 1.02. The molecule has 6 heteroatoms. The first-order chi connectivity index (χ1) is 8.65. The number of ether oxygens (including phenoxy) is 1. The van der Waals surface area contributed by atoms with Gasteiger partial charge >= 0.3 is 5.97 Å². The lowest BCUT2D eigenvalue weighted by atomic mass is 10.4. The molecule has 100 valence electrons. The van der Waals surface area contributed by atoms with Gasteiger partial charge in [-0.3, -0.25) is 4.79 Å². The summed E-state index contributed by atoms with van der Waals surface area (Å²) in [5.41, 5.74) is 0. The highest BCUT2D eigenvalue weighted by molar-refractivity contribution is 5.74. The number of aryl methyl sites for hydroxylation is 1. The Balaban J connectivity index is 2.59. The van der Waals surface area contributed by atoms with Gasteiger partial charge in [-0.25, -0.2) is 9.97 Å². The van der Waals surface area contributed by atoms with Crippen molar-refractivity contribution < 1.29 is 9.53 Å². The average Bonchev–Trinajstić information content (AvgIpc) is 2.34. The predicted molar refractivity (Wildman–Crippen MR) is 70.7 cm³/mol. The Morgan fingerprint density at radius 3 is 2.56 bits per heavy atom. The minimum Gasteiger partial charge on any atom is -0.465 e. The van der Waals surface area contributed by atoms with E-state index in [1.54, 1.807) is 13.0 Å². The van der Waals surface area contributed by atoms with E-state index in [1.807, 2.05) is 6.92 Å². The maximum Gasteiger partial charge on any atom is 0.325 e. The molecule has 0 spiro atoms. The van der Waals surface area contributed by atoms with Gasteiger partial charge in [0.05, 0.1) is 6.61 Å². The smallest absolute Gasteiger partial charge is 0.325 e. The topological polar surface area (TPSA) is 76.1 Å². The number of carbonyl (C=O) groups is 1. The summed E-state index contributed by atoms with van der Waals surface area (Å²) in [6.45, 7) is 7.02. The number of hydrogen-bond acceptors (Lipinski definition) is 6. The molecule has 0 fully saturated rings. The summed E-state index contributed by atoms with van der Waals surface area (Å²) >= 11 is 0. The Hall–Kier alpha value is -1.85. The van der Waals surface area contributed by atoms with Gasteiger partial charge in [0.25, 0.3) is 0 Å². The van der Waals surface area contributed by atoms with E-state index >= 15 is 0 Å². The van der Waals surface area contributed by atoms with Crippen LogP contribution >= 0.6 is 0 Å². The highest BCUT2D eigenvalue weighted by Gasteiger charge is 2.04. The molecule has 0 bridgehead atoms. The summed E-state index contributed by atoms with van der Waals surface area (Å²) in [7, 11) is 0. The molecule has 1 aromatic rings. The summed E-state index contributed by atoms with van der Waals surface area (Å²) < 4.78 is 4.83. The summed E-state index contributed by atoms with van der Waals surface area (Å²) in [5, 5.41) is 6.10. The molecule has 0 saturated heterocycles. The van der Waals surface area contributed by atoms with E-state index in [1.165, 1.54) is 0 Å². The molecule has 18 heavy (non-hydrogen) atoms. The second kappa shape index (κ2) is 7.47. The number of aromatic nitrogens is 2. The van der Waals surface area contributed by atoms with Gasteiger partial charge in [-0.15, -0.1) is 0 Å². The van der Waals surface area contributed by atoms with E-state index in [9.17, 15) is 4.79 Å². The molecule has 0 amide bonds. The van der Waals surface area contributed by atoms with Crippen LogP contribution in [-0.4, -0.2) is 35.6 Å². The van der Waals surface area contributed by atoms with Crippen molar-refractivity contribution in [3.8, 4) is 0 Å². The molecule has 0 atom stereocenters. The second-order valence-electron chi connectivity index (χ2n) is 3.77. The van der Waals surface area contributed by atoms with Gasteiger partial charge < -0.3 is 15.4 Å². The summed E-state index contributed by atoms with van der Waals surface area (Å²) in [4.78, 5) is 19.7. The number of carbonyl (C=O) groups excluding carboxylic acids is 1. The van der Waals surface area contributed by atoms with Crippen LogP contribution in [0.1, 0.15) is 26.1 Å². The third-order valence-corrected chi connectivity index (χ3v) is 2.11. The van der Waals surface area contributed by atoms with E-state index in [-0.39, 0.29) is 12.5 Å². The molecule has 1 rings (SSSR count). The zero-order chi connectivity index (χ0) is 13.4. The summed E-state index contributed by atoms with van der Waals surface area (Å²) in [5.74, 6) is 1.74. The lowest BCUT2D eigenvalue weighted by Crippen LogP contribution is -2.18. The lowest BCUT2D eigenvalue weighted by molar-refractivity contribution is -0.140. The minimum atomic E-state index is -0.295. The Morgan fingerprint density at radius 1 is 1.28 bits per heavy atom. The fraction of sp³-hybridized carbons (Fsp3) is 0.583. The van der Waals surface area contributed by atoms with Gasteiger partial charge in [-0.1, -0.05) is 6.92 Å². The third kappa shape index (κ3) is 4.99. The molecular formula is C12H20N4O2. The number of esters is 1. The predicted octanol–water partition coefficient (Wildman–Crippen LogP) is 1.58. The monoisotopic (exact) mass is 252 g/mol. The number of nitrogens with zero attached hydrogens (tertiary/aromatic N) is 2. The van der Waals surface area contributed by atoms with Crippen molar-refractivity contribution in [1.29, 1.82) is 0 Å². The highest BCUT2D eigenvalue weighted by Crippen LogP contribution is 2.10. The van der Waals surface area contributed by atoms with Crippen LogP contribution in [0.15, 0.2) is 6.07 Å². The zero-order valence-corrected chi connectivity index (χ0v) is 11.1. The number of nitrogens with one attached hydrogen (secondary N) is 2. The zero-order valence-electron chi connectivity index (χ0n) is 11.1. The molecule has 0 radical (unpaired) electrons. The third-order valence-electron chi connectivity index (χ3n) is 2.11. The lowest BCUT2D eigenvalue weighted by Gasteiger charge is -2.09. The fourth-order valence-electron chi connectivity index (χ4n) is 1.38. The number of hydrogen-bond donors (Lipinski definition) is 2. The number of anilines is 2. The molecule has 2 N–H and O–H groups in total.